The third-order valence-electron chi connectivity index (χ3n) is 2.46. The summed E-state index contributed by atoms with van der Waals surface area (Å²) >= 11 is 9.01. The van der Waals surface area contributed by atoms with Gasteiger partial charge in [0, 0.05) is 28.0 Å². The lowest BCUT2D eigenvalue weighted by atomic mass is 10.0. The van der Waals surface area contributed by atoms with Crippen molar-refractivity contribution in [2.24, 2.45) is 5.84 Å². The molecule has 1 unspecified atom stereocenters. The van der Waals surface area contributed by atoms with Crippen LogP contribution in [0.25, 0.3) is 0 Å². The molecule has 2 aromatic rings. The van der Waals surface area contributed by atoms with Crippen molar-refractivity contribution in [1.29, 1.82) is 0 Å². The second-order valence-electron chi connectivity index (χ2n) is 3.54. The number of nitrogens with two attached hydrogens (primary N) is 1. The quantitative estimate of drug-likeness (QED) is 0.515. The van der Waals surface area contributed by atoms with E-state index in [0.29, 0.717) is 15.6 Å². The minimum atomic E-state index is -0.559. The predicted octanol–water partition coefficient (Wildman–Crippen LogP) is 2.58. The molecule has 7 heteroatoms. The molecule has 0 saturated carbocycles. The Hall–Kier alpha value is -1.08. The highest BCUT2D eigenvalue weighted by Crippen LogP contribution is 2.32. The van der Waals surface area contributed by atoms with Gasteiger partial charge in [0.1, 0.15) is 12.1 Å². The largest absolute Gasteiger partial charge is 0.271 e. The van der Waals surface area contributed by atoms with E-state index in [1.165, 1.54) is 6.33 Å². The van der Waals surface area contributed by atoms with Crippen LogP contribution in [-0.4, -0.2) is 9.97 Å². The first-order chi connectivity index (χ1) is 8.65. The molecule has 0 saturated heterocycles. The first-order valence-corrected chi connectivity index (χ1v) is 6.16. The molecule has 0 fully saturated rings. The maximum atomic E-state index is 14.1. The lowest BCUT2D eigenvalue weighted by Crippen LogP contribution is -2.29. The fourth-order valence-electron chi connectivity index (χ4n) is 1.59. The van der Waals surface area contributed by atoms with E-state index in [0.717, 1.165) is 0 Å². The maximum absolute atomic E-state index is 14.1. The van der Waals surface area contributed by atoms with Crippen molar-refractivity contribution < 1.29 is 4.39 Å². The molecule has 0 aliphatic rings. The van der Waals surface area contributed by atoms with Crippen molar-refractivity contribution >= 4 is 27.5 Å². The van der Waals surface area contributed by atoms with E-state index in [-0.39, 0.29) is 5.02 Å². The van der Waals surface area contributed by atoms with E-state index < -0.39 is 11.9 Å². The lowest BCUT2D eigenvalue weighted by molar-refractivity contribution is 0.558. The highest BCUT2D eigenvalue weighted by molar-refractivity contribution is 9.10. The SMILES string of the molecule is NNC(c1cncnc1)c1ccc(Br)c(Cl)c1F. The Kier molecular flexibility index (Phi) is 4.23. The molecule has 1 aromatic heterocycles. The highest BCUT2D eigenvalue weighted by Gasteiger charge is 2.20. The number of nitrogens with one attached hydrogen (secondary N) is 1. The van der Waals surface area contributed by atoms with Crippen LogP contribution < -0.4 is 11.3 Å². The summed E-state index contributed by atoms with van der Waals surface area (Å²) in [5, 5.41) is 0.0181. The van der Waals surface area contributed by atoms with Crippen LogP contribution >= 0.6 is 27.5 Å². The van der Waals surface area contributed by atoms with Crippen molar-refractivity contribution in [1.82, 2.24) is 15.4 Å². The molecule has 1 aromatic carbocycles. The van der Waals surface area contributed by atoms with E-state index in [9.17, 15) is 4.39 Å². The summed E-state index contributed by atoms with van der Waals surface area (Å²) < 4.78 is 14.6. The monoisotopic (exact) mass is 330 g/mol. The standard InChI is InChI=1S/C11H9BrClFN4/c12-8-2-1-7(10(14)9(8)13)11(18-15)6-3-16-5-17-4-6/h1-5,11,18H,15H2. The first kappa shape index (κ1) is 13.4. The predicted molar refractivity (Wildman–Crippen MR) is 70.3 cm³/mol. The Balaban J connectivity index is 2.50. The number of hydrogen-bond acceptors (Lipinski definition) is 4. The molecule has 4 nitrogen and oxygen atoms in total. The van der Waals surface area contributed by atoms with Gasteiger partial charge in [-0.2, -0.15) is 0 Å². The Bertz CT molecular complexity index is 552. The maximum Gasteiger partial charge on any atom is 0.148 e. The first-order valence-electron chi connectivity index (χ1n) is 4.99. The van der Waals surface area contributed by atoms with Crippen molar-refractivity contribution in [3.05, 3.63) is 57.3 Å². The molecule has 0 spiro atoms. The normalized spacial score (nSPS) is 12.4. The summed E-state index contributed by atoms with van der Waals surface area (Å²) in [7, 11) is 0. The highest BCUT2D eigenvalue weighted by atomic mass is 79.9. The van der Waals surface area contributed by atoms with Gasteiger partial charge >= 0.3 is 0 Å². The van der Waals surface area contributed by atoms with E-state index in [1.807, 2.05) is 0 Å². The Morgan fingerprint density at radius 1 is 1.33 bits per heavy atom. The van der Waals surface area contributed by atoms with E-state index in [1.54, 1.807) is 24.5 Å². The van der Waals surface area contributed by atoms with Crippen molar-refractivity contribution in [2.45, 2.75) is 6.04 Å². The van der Waals surface area contributed by atoms with Crippen molar-refractivity contribution in [3.63, 3.8) is 0 Å². The molecule has 0 aliphatic carbocycles. The fraction of sp³-hybridized carbons (Fsp3) is 0.0909. The summed E-state index contributed by atoms with van der Waals surface area (Å²) in [6.07, 6.45) is 4.52. The van der Waals surface area contributed by atoms with Crippen molar-refractivity contribution in [3.8, 4) is 0 Å². The van der Waals surface area contributed by atoms with Crippen LogP contribution in [0.2, 0.25) is 5.02 Å². The zero-order valence-corrected chi connectivity index (χ0v) is 11.4. The number of rotatable bonds is 3. The average Bonchev–Trinajstić information content (AvgIpc) is 2.41. The minimum Gasteiger partial charge on any atom is -0.271 e. The van der Waals surface area contributed by atoms with Crippen LogP contribution in [0.5, 0.6) is 0 Å². The Morgan fingerprint density at radius 3 is 2.61 bits per heavy atom. The molecular weight excluding hydrogens is 323 g/mol. The summed E-state index contributed by atoms with van der Waals surface area (Å²) in [5.74, 6) is 4.94. The number of hydrazine groups is 1. The zero-order chi connectivity index (χ0) is 13.1. The second-order valence-corrected chi connectivity index (χ2v) is 4.77. The van der Waals surface area contributed by atoms with Crippen LogP contribution in [0.1, 0.15) is 17.2 Å². The molecular formula is C11H9BrClFN4. The molecule has 3 N–H and O–H groups in total. The summed E-state index contributed by atoms with van der Waals surface area (Å²) in [4.78, 5) is 7.75. The zero-order valence-electron chi connectivity index (χ0n) is 9.07. The van der Waals surface area contributed by atoms with Crippen LogP contribution in [0.3, 0.4) is 0 Å². The van der Waals surface area contributed by atoms with E-state index in [2.05, 4.69) is 31.3 Å². The van der Waals surface area contributed by atoms with Gasteiger partial charge in [-0.3, -0.25) is 5.84 Å². The molecule has 0 aliphatic heterocycles. The molecule has 1 atom stereocenters. The van der Waals surface area contributed by atoms with Gasteiger partial charge in [-0.05, 0) is 22.0 Å². The van der Waals surface area contributed by atoms with E-state index in [4.69, 9.17) is 17.4 Å². The fourth-order valence-corrected chi connectivity index (χ4v) is 2.07. The number of nitrogens with zero attached hydrogens (tertiary/aromatic N) is 2. The number of benzene rings is 1. The minimum absolute atomic E-state index is 0.0181. The number of aromatic nitrogens is 2. The number of halogens is 3. The number of hydrogen-bond donors (Lipinski definition) is 2. The van der Waals surface area contributed by atoms with Gasteiger partial charge in [-0.25, -0.2) is 19.8 Å². The molecule has 18 heavy (non-hydrogen) atoms. The van der Waals surface area contributed by atoms with Crippen LogP contribution in [0, 0.1) is 5.82 Å². The smallest absolute Gasteiger partial charge is 0.148 e. The Morgan fingerprint density at radius 2 is 2.00 bits per heavy atom. The summed E-state index contributed by atoms with van der Waals surface area (Å²) in [5.41, 5.74) is 3.51. The van der Waals surface area contributed by atoms with Gasteiger partial charge in [0.15, 0.2) is 0 Å². The molecule has 1 heterocycles. The van der Waals surface area contributed by atoms with Gasteiger partial charge in [-0.15, -0.1) is 0 Å². The third-order valence-corrected chi connectivity index (χ3v) is 3.72. The Labute approximate surface area is 116 Å². The van der Waals surface area contributed by atoms with Gasteiger partial charge in [0.25, 0.3) is 0 Å². The van der Waals surface area contributed by atoms with Gasteiger partial charge < -0.3 is 0 Å². The van der Waals surface area contributed by atoms with Gasteiger partial charge in [-0.1, -0.05) is 17.7 Å². The van der Waals surface area contributed by atoms with E-state index >= 15 is 0 Å². The van der Waals surface area contributed by atoms with Gasteiger partial charge in [0.2, 0.25) is 0 Å². The lowest BCUT2D eigenvalue weighted by Gasteiger charge is -2.17. The molecule has 0 radical (unpaired) electrons. The van der Waals surface area contributed by atoms with Crippen molar-refractivity contribution in [2.75, 3.05) is 0 Å². The molecule has 0 amide bonds. The van der Waals surface area contributed by atoms with Crippen LogP contribution in [0.4, 0.5) is 4.39 Å². The topological polar surface area (TPSA) is 63.8 Å². The summed E-state index contributed by atoms with van der Waals surface area (Å²) in [6, 6.07) is 2.70. The molecule has 0 bridgehead atoms. The van der Waals surface area contributed by atoms with Gasteiger partial charge in [0.05, 0.1) is 11.1 Å². The molecule has 94 valence electrons. The third kappa shape index (κ3) is 2.51. The van der Waals surface area contributed by atoms with Crippen LogP contribution in [-0.2, 0) is 0 Å². The van der Waals surface area contributed by atoms with Crippen LogP contribution in [0.15, 0.2) is 35.3 Å². The molecule has 2 rings (SSSR count). The second kappa shape index (κ2) is 5.71. The average molecular weight is 332 g/mol. The summed E-state index contributed by atoms with van der Waals surface area (Å²) in [6.45, 7) is 0.